The van der Waals surface area contributed by atoms with Crippen LogP contribution in [-0.2, 0) is 6.54 Å². The Bertz CT molecular complexity index is 766. The zero-order valence-corrected chi connectivity index (χ0v) is 9.45. The van der Waals surface area contributed by atoms with E-state index in [4.69, 9.17) is 16.6 Å². The minimum atomic E-state index is -0.266. The van der Waals surface area contributed by atoms with Crippen LogP contribution in [-0.4, -0.2) is 19.5 Å². The van der Waals surface area contributed by atoms with Crippen LogP contribution >= 0.6 is 12.2 Å². The van der Waals surface area contributed by atoms with Crippen molar-refractivity contribution in [1.29, 1.82) is 0 Å². The summed E-state index contributed by atoms with van der Waals surface area (Å²) in [6, 6.07) is 3.64. The van der Waals surface area contributed by atoms with Crippen molar-refractivity contribution < 1.29 is 4.42 Å². The molecule has 0 aliphatic rings. The van der Waals surface area contributed by atoms with E-state index < -0.39 is 0 Å². The second kappa shape index (κ2) is 3.70. The molecule has 86 valence electrons. The molecule has 0 amide bonds. The van der Waals surface area contributed by atoms with Crippen molar-refractivity contribution >= 4 is 23.4 Å². The summed E-state index contributed by atoms with van der Waals surface area (Å²) in [7, 11) is 0. The van der Waals surface area contributed by atoms with E-state index in [-0.39, 0.29) is 5.56 Å². The van der Waals surface area contributed by atoms with E-state index in [1.807, 2.05) is 6.07 Å². The molecule has 0 unspecified atom stereocenters. The van der Waals surface area contributed by atoms with E-state index in [0.717, 1.165) is 5.76 Å². The molecule has 17 heavy (non-hydrogen) atoms. The van der Waals surface area contributed by atoms with Gasteiger partial charge in [0.2, 0.25) is 0 Å². The molecule has 0 atom stereocenters. The summed E-state index contributed by atoms with van der Waals surface area (Å²) < 4.78 is 7.29. The van der Waals surface area contributed by atoms with Crippen LogP contribution in [0, 0.1) is 4.77 Å². The van der Waals surface area contributed by atoms with Gasteiger partial charge in [-0.2, -0.15) is 0 Å². The Kier molecular flexibility index (Phi) is 2.19. The fraction of sp³-hybridized carbons (Fsp3) is 0.100. The van der Waals surface area contributed by atoms with Crippen LogP contribution in [0.15, 0.2) is 33.9 Å². The third-order valence-electron chi connectivity index (χ3n) is 2.46. The van der Waals surface area contributed by atoms with Gasteiger partial charge in [-0.05, 0) is 24.4 Å². The van der Waals surface area contributed by atoms with Crippen molar-refractivity contribution in [1.82, 2.24) is 19.5 Å². The zero-order valence-electron chi connectivity index (χ0n) is 8.64. The lowest BCUT2D eigenvalue weighted by Gasteiger charge is -2.04. The van der Waals surface area contributed by atoms with E-state index in [2.05, 4.69) is 15.0 Å². The maximum atomic E-state index is 11.6. The fourth-order valence-corrected chi connectivity index (χ4v) is 1.93. The summed E-state index contributed by atoms with van der Waals surface area (Å²) in [5, 5.41) is 0. The summed E-state index contributed by atoms with van der Waals surface area (Å²) in [5.74, 6) is 0.748. The number of rotatable bonds is 2. The largest absolute Gasteiger partial charge is 0.467 e. The Hall–Kier alpha value is -2.15. The lowest BCUT2D eigenvalue weighted by Crippen LogP contribution is -2.14. The lowest BCUT2D eigenvalue weighted by atomic mass is 10.4. The number of aromatic amines is 2. The normalized spacial score (nSPS) is 11.1. The molecule has 3 aromatic heterocycles. The summed E-state index contributed by atoms with van der Waals surface area (Å²) in [6.45, 7) is 0.434. The molecular weight excluding hydrogens is 240 g/mol. The number of hydrogen-bond acceptors (Lipinski definition) is 4. The first-order valence-electron chi connectivity index (χ1n) is 4.94. The summed E-state index contributed by atoms with van der Waals surface area (Å²) in [5.41, 5.74) is 0.665. The van der Waals surface area contributed by atoms with Gasteiger partial charge in [-0.1, -0.05) is 0 Å². The van der Waals surface area contributed by atoms with Gasteiger partial charge in [0.05, 0.1) is 19.1 Å². The highest BCUT2D eigenvalue weighted by Gasteiger charge is 2.08. The SMILES string of the molecule is O=c1[nH]c(=S)n(Cc2ccco2)c2nc[nH]c12. The number of nitrogens with zero attached hydrogens (tertiary/aromatic N) is 2. The van der Waals surface area contributed by atoms with Crippen molar-refractivity contribution in [2.24, 2.45) is 0 Å². The molecule has 0 aliphatic heterocycles. The van der Waals surface area contributed by atoms with Gasteiger partial charge in [-0.3, -0.25) is 14.3 Å². The van der Waals surface area contributed by atoms with Crippen LogP contribution in [0.3, 0.4) is 0 Å². The second-order valence-electron chi connectivity index (χ2n) is 3.53. The number of furan rings is 1. The Balaban J connectivity index is 2.25. The molecule has 3 rings (SSSR count). The van der Waals surface area contributed by atoms with Crippen LogP contribution in [0.1, 0.15) is 5.76 Å². The number of aromatic nitrogens is 4. The Morgan fingerprint density at radius 2 is 2.41 bits per heavy atom. The van der Waals surface area contributed by atoms with E-state index in [9.17, 15) is 4.79 Å². The predicted octanol–water partition coefficient (Wildman–Crippen LogP) is 1.42. The zero-order chi connectivity index (χ0) is 11.8. The molecule has 0 aromatic carbocycles. The Morgan fingerprint density at radius 3 is 3.18 bits per heavy atom. The minimum absolute atomic E-state index is 0.266. The van der Waals surface area contributed by atoms with Crippen molar-refractivity contribution in [3.8, 4) is 0 Å². The molecule has 3 heterocycles. The number of nitrogens with one attached hydrogen (secondary N) is 2. The van der Waals surface area contributed by atoms with E-state index in [1.54, 1.807) is 16.9 Å². The third kappa shape index (κ3) is 1.60. The van der Waals surface area contributed by atoms with Crippen molar-refractivity contribution in [3.05, 3.63) is 45.6 Å². The van der Waals surface area contributed by atoms with E-state index in [1.165, 1.54) is 6.33 Å². The molecule has 0 spiro atoms. The maximum absolute atomic E-state index is 11.6. The van der Waals surface area contributed by atoms with Gasteiger partial charge in [0.1, 0.15) is 11.3 Å². The minimum Gasteiger partial charge on any atom is -0.467 e. The average Bonchev–Trinajstić information content (AvgIpc) is 2.95. The second-order valence-corrected chi connectivity index (χ2v) is 3.91. The van der Waals surface area contributed by atoms with Crippen LogP contribution in [0.4, 0.5) is 0 Å². The molecule has 3 aromatic rings. The topological polar surface area (TPSA) is 79.6 Å². The Morgan fingerprint density at radius 1 is 1.53 bits per heavy atom. The van der Waals surface area contributed by atoms with E-state index >= 15 is 0 Å². The van der Waals surface area contributed by atoms with Gasteiger partial charge in [0.15, 0.2) is 10.4 Å². The standard InChI is InChI=1S/C10H8N4O2S/c15-9-7-8(12-5-11-7)14(10(17)13-9)4-6-2-1-3-16-6/h1-3,5H,4H2,(H,11,12)(H,13,15,17). The van der Waals surface area contributed by atoms with Crippen LogP contribution in [0.2, 0.25) is 0 Å². The molecule has 0 saturated carbocycles. The molecule has 0 aliphatic carbocycles. The maximum Gasteiger partial charge on any atom is 0.277 e. The molecule has 7 heteroatoms. The lowest BCUT2D eigenvalue weighted by molar-refractivity contribution is 0.493. The fourth-order valence-electron chi connectivity index (χ4n) is 1.69. The molecule has 0 bridgehead atoms. The first-order chi connectivity index (χ1) is 8.25. The molecule has 6 nitrogen and oxygen atoms in total. The third-order valence-corrected chi connectivity index (χ3v) is 2.78. The first-order valence-corrected chi connectivity index (χ1v) is 5.35. The van der Waals surface area contributed by atoms with E-state index in [0.29, 0.717) is 22.5 Å². The molecular formula is C10H8N4O2S. The Labute approximate surface area is 99.9 Å². The van der Waals surface area contributed by atoms with Gasteiger partial charge >= 0.3 is 0 Å². The monoisotopic (exact) mass is 248 g/mol. The number of imidazole rings is 1. The van der Waals surface area contributed by atoms with Crippen LogP contribution in [0.5, 0.6) is 0 Å². The van der Waals surface area contributed by atoms with Gasteiger partial charge in [0, 0.05) is 0 Å². The van der Waals surface area contributed by atoms with Gasteiger partial charge < -0.3 is 9.40 Å². The highest BCUT2D eigenvalue weighted by Crippen LogP contribution is 2.09. The summed E-state index contributed by atoms with van der Waals surface area (Å²) in [6.07, 6.45) is 3.06. The molecule has 0 fully saturated rings. The number of fused-ring (bicyclic) bond motifs is 1. The van der Waals surface area contributed by atoms with Gasteiger partial charge in [-0.25, -0.2) is 4.98 Å². The van der Waals surface area contributed by atoms with Gasteiger partial charge in [0.25, 0.3) is 5.56 Å². The smallest absolute Gasteiger partial charge is 0.277 e. The quantitative estimate of drug-likeness (QED) is 0.672. The van der Waals surface area contributed by atoms with Gasteiger partial charge in [-0.15, -0.1) is 0 Å². The molecule has 2 N–H and O–H groups in total. The average molecular weight is 248 g/mol. The molecule has 0 saturated heterocycles. The highest BCUT2D eigenvalue weighted by molar-refractivity contribution is 7.71. The van der Waals surface area contributed by atoms with Crippen molar-refractivity contribution in [2.45, 2.75) is 6.54 Å². The number of H-pyrrole nitrogens is 2. The predicted molar refractivity (Wildman–Crippen MR) is 63.3 cm³/mol. The first kappa shape index (κ1) is 10.0. The van der Waals surface area contributed by atoms with Crippen molar-refractivity contribution in [2.75, 3.05) is 0 Å². The van der Waals surface area contributed by atoms with Crippen molar-refractivity contribution in [3.63, 3.8) is 0 Å². The van der Waals surface area contributed by atoms with Crippen LogP contribution < -0.4 is 5.56 Å². The van der Waals surface area contributed by atoms with Crippen LogP contribution in [0.25, 0.3) is 11.2 Å². The summed E-state index contributed by atoms with van der Waals surface area (Å²) in [4.78, 5) is 21.1. The molecule has 0 radical (unpaired) electrons. The number of hydrogen-bond donors (Lipinski definition) is 2. The summed E-state index contributed by atoms with van der Waals surface area (Å²) >= 11 is 5.12. The highest BCUT2D eigenvalue weighted by atomic mass is 32.1.